The standard InChI is InChI=1S/C18H22INO5/c1-10-7-14(21-2)17(24-5)16(23-4)11(10)8-12-15(22-3)13(19)9-20-18(12)25-6/h7-9,18H,1-6H3. The van der Waals surface area contributed by atoms with Crippen molar-refractivity contribution in [2.24, 2.45) is 4.99 Å². The number of aliphatic imine (C=N–C) groups is 1. The fraction of sp³-hybridized carbons (Fsp3) is 0.389. The zero-order valence-corrected chi connectivity index (χ0v) is 17.3. The van der Waals surface area contributed by atoms with Gasteiger partial charge in [-0.3, -0.25) is 4.99 Å². The largest absolute Gasteiger partial charge is 0.495 e. The second-order valence-corrected chi connectivity index (χ2v) is 6.39. The lowest BCUT2D eigenvalue weighted by atomic mass is 10.0. The molecule has 1 atom stereocenters. The number of benzene rings is 1. The quantitative estimate of drug-likeness (QED) is 0.607. The molecule has 136 valence electrons. The molecule has 1 aliphatic heterocycles. The van der Waals surface area contributed by atoms with Gasteiger partial charge in [0, 0.05) is 24.5 Å². The maximum Gasteiger partial charge on any atom is 0.203 e. The van der Waals surface area contributed by atoms with E-state index in [0.717, 1.165) is 26.0 Å². The number of dihydropyridines is 1. The third-order valence-electron chi connectivity index (χ3n) is 3.87. The Balaban J connectivity index is 2.72. The summed E-state index contributed by atoms with van der Waals surface area (Å²) < 4.78 is 28.5. The fourth-order valence-electron chi connectivity index (χ4n) is 2.70. The number of halogens is 1. The van der Waals surface area contributed by atoms with Crippen LogP contribution in [0, 0.1) is 6.92 Å². The number of methoxy groups -OCH3 is 5. The summed E-state index contributed by atoms with van der Waals surface area (Å²) in [5.74, 6) is 2.45. The molecule has 0 spiro atoms. The van der Waals surface area contributed by atoms with Crippen LogP contribution in [-0.4, -0.2) is 48.0 Å². The highest BCUT2D eigenvalue weighted by Crippen LogP contribution is 2.43. The second kappa shape index (κ2) is 8.57. The number of hydrogen-bond donors (Lipinski definition) is 0. The Kier molecular flexibility index (Phi) is 6.71. The summed E-state index contributed by atoms with van der Waals surface area (Å²) in [5.41, 5.74) is 2.63. The molecule has 7 heteroatoms. The van der Waals surface area contributed by atoms with Gasteiger partial charge in [-0.1, -0.05) is 0 Å². The van der Waals surface area contributed by atoms with Crippen LogP contribution in [0.4, 0.5) is 0 Å². The molecule has 6 nitrogen and oxygen atoms in total. The number of hydrogen-bond acceptors (Lipinski definition) is 6. The lowest BCUT2D eigenvalue weighted by molar-refractivity contribution is 0.132. The van der Waals surface area contributed by atoms with Crippen LogP contribution >= 0.6 is 22.6 Å². The minimum Gasteiger partial charge on any atom is -0.495 e. The van der Waals surface area contributed by atoms with Crippen molar-refractivity contribution in [3.05, 3.63) is 32.1 Å². The molecule has 0 aromatic heterocycles. The van der Waals surface area contributed by atoms with Crippen LogP contribution < -0.4 is 14.2 Å². The van der Waals surface area contributed by atoms with E-state index in [0.29, 0.717) is 17.2 Å². The van der Waals surface area contributed by atoms with Crippen molar-refractivity contribution in [2.75, 3.05) is 35.5 Å². The Morgan fingerprint density at radius 3 is 2.20 bits per heavy atom. The van der Waals surface area contributed by atoms with E-state index in [1.54, 1.807) is 41.8 Å². The van der Waals surface area contributed by atoms with Crippen molar-refractivity contribution in [1.29, 1.82) is 0 Å². The molecular weight excluding hydrogens is 437 g/mol. The summed E-state index contributed by atoms with van der Waals surface area (Å²) in [4.78, 5) is 4.41. The summed E-state index contributed by atoms with van der Waals surface area (Å²) in [6.07, 6.45) is 3.24. The van der Waals surface area contributed by atoms with Gasteiger partial charge in [0.2, 0.25) is 5.75 Å². The summed E-state index contributed by atoms with van der Waals surface area (Å²) in [6, 6.07) is 1.91. The zero-order valence-electron chi connectivity index (χ0n) is 15.2. The average Bonchev–Trinajstić information content (AvgIpc) is 2.62. The molecule has 0 fully saturated rings. The third kappa shape index (κ3) is 3.77. The lowest BCUT2D eigenvalue weighted by Crippen LogP contribution is -2.18. The molecule has 0 bridgehead atoms. The maximum atomic E-state index is 5.61. The Morgan fingerprint density at radius 2 is 1.68 bits per heavy atom. The van der Waals surface area contributed by atoms with Crippen molar-refractivity contribution in [2.45, 2.75) is 13.2 Å². The molecular formula is C18H22INO5. The van der Waals surface area contributed by atoms with E-state index in [9.17, 15) is 0 Å². The van der Waals surface area contributed by atoms with E-state index in [2.05, 4.69) is 27.6 Å². The van der Waals surface area contributed by atoms with Gasteiger partial charge in [0.1, 0.15) is 5.76 Å². The van der Waals surface area contributed by atoms with Crippen molar-refractivity contribution >= 4 is 34.9 Å². The van der Waals surface area contributed by atoms with Crippen molar-refractivity contribution in [3.8, 4) is 17.2 Å². The SMILES string of the molecule is COC1=C(I)C=NC(OC)C1=Cc1c(C)cc(OC)c(OC)c1OC. The van der Waals surface area contributed by atoms with Gasteiger partial charge in [0.25, 0.3) is 0 Å². The van der Waals surface area contributed by atoms with Crippen LogP contribution in [-0.2, 0) is 9.47 Å². The Hall–Kier alpha value is -1.74. The molecule has 1 aromatic carbocycles. The van der Waals surface area contributed by atoms with Gasteiger partial charge in [-0.15, -0.1) is 0 Å². The van der Waals surface area contributed by atoms with Gasteiger partial charge in [0.05, 0.1) is 32.0 Å². The number of allylic oxidation sites excluding steroid dienone is 1. The summed E-state index contributed by atoms with van der Waals surface area (Å²) >= 11 is 2.19. The van der Waals surface area contributed by atoms with Crippen molar-refractivity contribution in [1.82, 2.24) is 0 Å². The molecule has 25 heavy (non-hydrogen) atoms. The number of aryl methyl sites for hydroxylation is 1. The van der Waals surface area contributed by atoms with Gasteiger partial charge in [-0.05, 0) is 47.2 Å². The van der Waals surface area contributed by atoms with Gasteiger partial charge in [-0.2, -0.15) is 0 Å². The highest BCUT2D eigenvalue weighted by atomic mass is 127. The molecule has 2 rings (SSSR count). The highest BCUT2D eigenvalue weighted by Gasteiger charge is 2.26. The molecule has 0 aliphatic carbocycles. The van der Waals surface area contributed by atoms with Crippen LogP contribution in [0.1, 0.15) is 11.1 Å². The maximum absolute atomic E-state index is 5.61. The number of ether oxygens (including phenoxy) is 5. The first-order valence-corrected chi connectivity index (χ1v) is 8.61. The molecule has 0 saturated carbocycles. The van der Waals surface area contributed by atoms with Crippen LogP contribution in [0.2, 0.25) is 0 Å². The number of rotatable bonds is 6. The van der Waals surface area contributed by atoms with E-state index in [4.69, 9.17) is 23.7 Å². The molecule has 1 aliphatic rings. The molecule has 1 heterocycles. The van der Waals surface area contributed by atoms with Gasteiger partial charge in [-0.25, -0.2) is 0 Å². The number of nitrogens with zero attached hydrogens (tertiary/aromatic N) is 1. The predicted molar refractivity (Wildman–Crippen MR) is 106 cm³/mol. The van der Waals surface area contributed by atoms with Gasteiger partial charge >= 0.3 is 0 Å². The van der Waals surface area contributed by atoms with Gasteiger partial charge < -0.3 is 23.7 Å². The monoisotopic (exact) mass is 459 g/mol. The van der Waals surface area contributed by atoms with Crippen LogP contribution in [0.25, 0.3) is 6.08 Å². The first-order valence-electron chi connectivity index (χ1n) is 7.53. The van der Waals surface area contributed by atoms with Crippen molar-refractivity contribution < 1.29 is 23.7 Å². The van der Waals surface area contributed by atoms with Crippen molar-refractivity contribution in [3.63, 3.8) is 0 Å². The predicted octanol–water partition coefficient (Wildman–Crippen LogP) is 3.75. The summed E-state index contributed by atoms with van der Waals surface area (Å²) in [6.45, 7) is 1.98. The topological polar surface area (TPSA) is 58.5 Å². The average molecular weight is 459 g/mol. The molecule has 0 saturated heterocycles. The van der Waals surface area contributed by atoms with E-state index in [1.807, 2.05) is 19.1 Å². The Morgan fingerprint density at radius 1 is 1.00 bits per heavy atom. The Bertz CT molecular complexity index is 739. The van der Waals surface area contributed by atoms with E-state index in [-0.39, 0.29) is 0 Å². The molecule has 1 unspecified atom stereocenters. The molecule has 0 amide bonds. The Labute approximate surface area is 161 Å². The minimum absolute atomic E-state index is 0.453. The molecule has 0 radical (unpaired) electrons. The zero-order chi connectivity index (χ0) is 18.6. The summed E-state index contributed by atoms with van der Waals surface area (Å²) in [5, 5.41) is 0. The van der Waals surface area contributed by atoms with Crippen LogP contribution in [0.15, 0.2) is 26.0 Å². The van der Waals surface area contributed by atoms with Crippen LogP contribution in [0.3, 0.4) is 0 Å². The molecule has 1 aromatic rings. The lowest BCUT2D eigenvalue weighted by Gasteiger charge is -2.23. The first-order chi connectivity index (χ1) is 12.0. The smallest absolute Gasteiger partial charge is 0.203 e. The van der Waals surface area contributed by atoms with E-state index < -0.39 is 6.23 Å². The van der Waals surface area contributed by atoms with Crippen LogP contribution in [0.5, 0.6) is 17.2 Å². The van der Waals surface area contributed by atoms with E-state index >= 15 is 0 Å². The van der Waals surface area contributed by atoms with E-state index in [1.165, 1.54) is 0 Å². The fourth-order valence-corrected chi connectivity index (χ4v) is 3.39. The molecule has 0 N–H and O–H groups in total. The first kappa shape index (κ1) is 19.6. The third-order valence-corrected chi connectivity index (χ3v) is 4.64. The normalized spacial score (nSPS) is 18.5. The minimum atomic E-state index is -0.453. The highest BCUT2D eigenvalue weighted by molar-refractivity contribution is 14.1. The second-order valence-electron chi connectivity index (χ2n) is 5.22. The van der Waals surface area contributed by atoms with Gasteiger partial charge in [0.15, 0.2) is 17.7 Å². The summed E-state index contributed by atoms with van der Waals surface area (Å²) in [7, 11) is 8.02.